The highest BCUT2D eigenvalue weighted by Crippen LogP contribution is 2.44. The zero-order valence-corrected chi connectivity index (χ0v) is 30.4. The van der Waals surface area contributed by atoms with Crippen LogP contribution in [0.4, 0.5) is 0 Å². The van der Waals surface area contributed by atoms with Crippen molar-refractivity contribution >= 4 is 65.7 Å². The molecule has 0 saturated heterocycles. The second-order valence-electron chi connectivity index (χ2n) is 14.4. The maximum absolute atomic E-state index is 6.67. The molecule has 0 N–H and O–H groups in total. The van der Waals surface area contributed by atoms with E-state index in [0.717, 1.165) is 82.9 Å². The quantitative estimate of drug-likeness (QED) is 0.176. The van der Waals surface area contributed by atoms with Crippen LogP contribution < -0.4 is 0 Å². The largest absolute Gasteiger partial charge is 0.456 e. The van der Waals surface area contributed by atoms with Crippen LogP contribution in [0.2, 0.25) is 0 Å². The first-order valence-electron chi connectivity index (χ1n) is 19.0. The Bertz CT molecular complexity index is 3530. The minimum atomic E-state index is 0.560. The summed E-state index contributed by atoms with van der Waals surface area (Å²) >= 11 is 0. The van der Waals surface area contributed by atoms with Crippen molar-refractivity contribution in [3.63, 3.8) is 0 Å². The fourth-order valence-electron chi connectivity index (χ4n) is 8.50. The summed E-state index contributed by atoms with van der Waals surface area (Å²) in [5, 5.41) is 6.66. The topological polar surface area (TPSA) is 69.9 Å². The zero-order valence-electron chi connectivity index (χ0n) is 30.4. The first-order chi connectivity index (χ1) is 28.2. The Kier molecular flexibility index (Phi) is 6.83. The van der Waals surface area contributed by atoms with E-state index in [1.165, 1.54) is 16.3 Å². The number of aromatic nitrogens is 4. The number of fused-ring (bicyclic) bond motifs is 9. The molecule has 6 heteroatoms. The molecule has 6 nitrogen and oxygen atoms in total. The summed E-state index contributed by atoms with van der Waals surface area (Å²) in [6, 6.07) is 62.7. The molecule has 4 heterocycles. The lowest BCUT2D eigenvalue weighted by molar-refractivity contribution is 0.668. The van der Waals surface area contributed by atoms with Crippen molar-refractivity contribution in [2.24, 2.45) is 0 Å². The fraction of sp³-hybridized carbons (Fsp3) is 0. The van der Waals surface area contributed by atoms with E-state index in [4.69, 9.17) is 23.8 Å². The van der Waals surface area contributed by atoms with Crippen molar-refractivity contribution in [1.82, 2.24) is 19.5 Å². The summed E-state index contributed by atoms with van der Waals surface area (Å²) in [6.45, 7) is 0. The van der Waals surface area contributed by atoms with Crippen LogP contribution in [0.5, 0.6) is 0 Å². The highest BCUT2D eigenvalue weighted by Gasteiger charge is 2.21. The van der Waals surface area contributed by atoms with Gasteiger partial charge >= 0.3 is 0 Å². The van der Waals surface area contributed by atoms with Crippen LogP contribution in [0.25, 0.3) is 117 Å². The zero-order chi connectivity index (χ0) is 37.5. The molecule has 0 spiro atoms. The van der Waals surface area contributed by atoms with E-state index in [1.807, 2.05) is 54.6 Å². The van der Waals surface area contributed by atoms with E-state index in [2.05, 4.69) is 132 Å². The molecule has 0 amide bonds. The lowest BCUT2D eigenvalue weighted by Gasteiger charge is -2.09. The van der Waals surface area contributed by atoms with Gasteiger partial charge in [-0.15, -0.1) is 0 Å². The molecular formula is C51H30N4O2. The predicted molar refractivity (Wildman–Crippen MR) is 230 cm³/mol. The number of para-hydroxylation sites is 3. The third-order valence-corrected chi connectivity index (χ3v) is 11.1. The van der Waals surface area contributed by atoms with E-state index < -0.39 is 0 Å². The van der Waals surface area contributed by atoms with Crippen molar-refractivity contribution in [1.29, 1.82) is 0 Å². The molecule has 0 unspecified atom stereocenters. The summed E-state index contributed by atoms with van der Waals surface area (Å²) in [6.07, 6.45) is 0. The fourth-order valence-corrected chi connectivity index (χ4v) is 8.50. The van der Waals surface area contributed by atoms with Gasteiger partial charge < -0.3 is 13.4 Å². The van der Waals surface area contributed by atoms with E-state index in [1.54, 1.807) is 0 Å². The second-order valence-corrected chi connectivity index (χ2v) is 14.4. The van der Waals surface area contributed by atoms with Crippen molar-refractivity contribution in [2.45, 2.75) is 0 Å². The van der Waals surface area contributed by atoms with Crippen LogP contribution in [0.3, 0.4) is 0 Å². The number of furan rings is 2. The molecule has 0 aliphatic heterocycles. The molecule has 0 aliphatic rings. The molecule has 4 aromatic heterocycles. The van der Waals surface area contributed by atoms with Crippen molar-refractivity contribution < 1.29 is 8.83 Å². The Morgan fingerprint density at radius 2 is 0.860 bits per heavy atom. The summed E-state index contributed by atoms with van der Waals surface area (Å²) in [7, 11) is 0. The standard InChI is InChI=1S/C51H30N4O2/c1-3-13-31(14-4-1)49-52-50(32-25-27-36-35-17-8-10-23-43(35)56-45(36)29-32)54-51(53-49)33-26-28-40-46(30-33)57-44-24-12-20-38(48(40)44)37-19-11-22-42-47(37)39-18-7-9-21-41(39)55(42)34-15-5-2-6-16-34/h1-30H. The van der Waals surface area contributed by atoms with Gasteiger partial charge in [0.1, 0.15) is 22.3 Å². The second kappa shape index (κ2) is 12.3. The van der Waals surface area contributed by atoms with Gasteiger partial charge in [-0.1, -0.05) is 121 Å². The number of benzene rings is 8. The van der Waals surface area contributed by atoms with Crippen LogP contribution in [-0.4, -0.2) is 19.5 Å². The molecule has 12 rings (SSSR count). The Morgan fingerprint density at radius 1 is 0.333 bits per heavy atom. The third-order valence-electron chi connectivity index (χ3n) is 11.1. The van der Waals surface area contributed by atoms with Gasteiger partial charge in [-0.25, -0.2) is 15.0 Å². The summed E-state index contributed by atoms with van der Waals surface area (Å²) in [4.78, 5) is 15.1. The molecule has 0 atom stereocenters. The first-order valence-corrected chi connectivity index (χ1v) is 19.0. The third kappa shape index (κ3) is 4.94. The van der Waals surface area contributed by atoms with Crippen molar-refractivity contribution in [3.8, 4) is 51.0 Å². The SMILES string of the molecule is c1ccc(-c2nc(-c3ccc4c(c3)oc3ccccc34)nc(-c3ccc4c(c3)oc3cccc(-c5cccc6c5c5ccccc5n6-c5ccccc5)c34)n2)cc1. The molecule has 0 fully saturated rings. The van der Waals surface area contributed by atoms with E-state index >= 15 is 0 Å². The van der Waals surface area contributed by atoms with Crippen molar-refractivity contribution in [2.75, 3.05) is 0 Å². The number of hydrogen-bond acceptors (Lipinski definition) is 5. The maximum atomic E-state index is 6.67. The summed E-state index contributed by atoms with van der Waals surface area (Å²) < 4.78 is 15.3. The van der Waals surface area contributed by atoms with Crippen LogP contribution in [0.15, 0.2) is 191 Å². The van der Waals surface area contributed by atoms with Gasteiger partial charge in [0, 0.05) is 54.7 Å². The Morgan fingerprint density at radius 3 is 1.63 bits per heavy atom. The molecule has 0 saturated carbocycles. The monoisotopic (exact) mass is 730 g/mol. The predicted octanol–water partition coefficient (Wildman–Crippen LogP) is 13.4. The number of rotatable bonds is 5. The average Bonchev–Trinajstić information content (AvgIpc) is 3.96. The molecule has 0 bridgehead atoms. The molecule has 0 radical (unpaired) electrons. The highest BCUT2D eigenvalue weighted by molar-refractivity contribution is 6.21. The molecule has 57 heavy (non-hydrogen) atoms. The molecule has 12 aromatic rings. The van der Waals surface area contributed by atoms with Gasteiger partial charge in [-0.3, -0.25) is 0 Å². The Labute approximate surface area is 325 Å². The Balaban J connectivity index is 1.03. The summed E-state index contributed by atoms with van der Waals surface area (Å²) in [5.41, 5.74) is 11.6. The minimum absolute atomic E-state index is 0.560. The number of nitrogens with zero attached hydrogens (tertiary/aromatic N) is 4. The van der Waals surface area contributed by atoms with Gasteiger partial charge in [0.05, 0.1) is 11.0 Å². The van der Waals surface area contributed by atoms with Gasteiger partial charge in [0.25, 0.3) is 0 Å². The first kappa shape index (κ1) is 31.5. The average molecular weight is 731 g/mol. The van der Waals surface area contributed by atoms with E-state index in [-0.39, 0.29) is 0 Å². The maximum Gasteiger partial charge on any atom is 0.164 e. The van der Waals surface area contributed by atoms with Gasteiger partial charge in [0.15, 0.2) is 17.5 Å². The molecule has 8 aromatic carbocycles. The van der Waals surface area contributed by atoms with Crippen LogP contribution >= 0.6 is 0 Å². The van der Waals surface area contributed by atoms with Crippen LogP contribution in [0.1, 0.15) is 0 Å². The van der Waals surface area contributed by atoms with Crippen LogP contribution in [-0.2, 0) is 0 Å². The van der Waals surface area contributed by atoms with E-state index in [9.17, 15) is 0 Å². The van der Waals surface area contributed by atoms with Gasteiger partial charge in [-0.05, 0) is 71.8 Å². The van der Waals surface area contributed by atoms with Gasteiger partial charge in [-0.2, -0.15) is 0 Å². The highest BCUT2D eigenvalue weighted by atomic mass is 16.3. The van der Waals surface area contributed by atoms with Crippen molar-refractivity contribution in [3.05, 3.63) is 182 Å². The molecular weight excluding hydrogens is 701 g/mol. The molecule has 0 aliphatic carbocycles. The lowest BCUT2D eigenvalue weighted by atomic mass is 9.95. The molecule has 266 valence electrons. The number of hydrogen-bond donors (Lipinski definition) is 0. The Hall–Kier alpha value is -7.83. The summed E-state index contributed by atoms with van der Waals surface area (Å²) in [5.74, 6) is 1.72. The van der Waals surface area contributed by atoms with Gasteiger partial charge in [0.2, 0.25) is 0 Å². The van der Waals surface area contributed by atoms with E-state index in [0.29, 0.717) is 17.5 Å². The van der Waals surface area contributed by atoms with Crippen LogP contribution in [0, 0.1) is 0 Å². The lowest BCUT2D eigenvalue weighted by Crippen LogP contribution is -2.00. The minimum Gasteiger partial charge on any atom is -0.456 e. The smallest absolute Gasteiger partial charge is 0.164 e. The normalized spacial score (nSPS) is 11.9.